The second kappa shape index (κ2) is 6.98. The van der Waals surface area contributed by atoms with Crippen molar-refractivity contribution in [3.8, 4) is 0 Å². The van der Waals surface area contributed by atoms with Crippen LogP contribution in [0.15, 0.2) is 51.7 Å². The Morgan fingerprint density at radius 1 is 1.12 bits per heavy atom. The molecule has 1 atom stereocenters. The van der Waals surface area contributed by atoms with Crippen LogP contribution in [0, 0.1) is 6.92 Å². The highest BCUT2D eigenvalue weighted by Gasteiger charge is 2.12. The number of nitrogens with one attached hydrogen (secondary N) is 1. The molecule has 0 unspecified atom stereocenters. The number of fused-ring (bicyclic) bond motifs is 1. The molecule has 0 bridgehead atoms. The topological polar surface area (TPSA) is 42.2 Å². The summed E-state index contributed by atoms with van der Waals surface area (Å²) >= 11 is 12.5. The van der Waals surface area contributed by atoms with Gasteiger partial charge in [0.15, 0.2) is 0 Å². The van der Waals surface area contributed by atoms with E-state index in [2.05, 4.69) is 5.32 Å². The highest BCUT2D eigenvalue weighted by Crippen LogP contribution is 2.26. The first-order valence-corrected chi connectivity index (χ1v) is 8.42. The van der Waals surface area contributed by atoms with Crippen molar-refractivity contribution in [2.24, 2.45) is 0 Å². The SMILES string of the molecule is Cc1cc2oc(=O)cc(CN[C@H](C)c3ccccc3Cl)c2cc1Cl. The summed E-state index contributed by atoms with van der Waals surface area (Å²) in [6.07, 6.45) is 0. The summed E-state index contributed by atoms with van der Waals surface area (Å²) in [5.41, 5.74) is 2.92. The molecule has 0 spiro atoms. The lowest BCUT2D eigenvalue weighted by atomic mass is 10.1. The zero-order valence-electron chi connectivity index (χ0n) is 13.4. The average Bonchev–Trinajstić information content (AvgIpc) is 2.54. The highest BCUT2D eigenvalue weighted by molar-refractivity contribution is 6.32. The van der Waals surface area contributed by atoms with E-state index < -0.39 is 0 Å². The molecular weight excluding hydrogens is 345 g/mol. The minimum absolute atomic E-state index is 0.0434. The molecule has 1 heterocycles. The van der Waals surface area contributed by atoms with Gasteiger partial charge in [0.25, 0.3) is 0 Å². The van der Waals surface area contributed by atoms with Crippen LogP contribution in [0.3, 0.4) is 0 Å². The molecule has 124 valence electrons. The lowest BCUT2D eigenvalue weighted by molar-refractivity contribution is 0.547. The Labute approximate surface area is 150 Å². The van der Waals surface area contributed by atoms with Crippen LogP contribution < -0.4 is 10.9 Å². The molecule has 5 heteroatoms. The number of hydrogen-bond acceptors (Lipinski definition) is 3. The van der Waals surface area contributed by atoms with E-state index in [1.807, 2.05) is 44.2 Å². The summed E-state index contributed by atoms with van der Waals surface area (Å²) in [5.74, 6) is 0. The van der Waals surface area contributed by atoms with E-state index in [0.29, 0.717) is 22.2 Å². The molecule has 0 amide bonds. The molecule has 2 aromatic carbocycles. The van der Waals surface area contributed by atoms with Crippen LogP contribution in [-0.2, 0) is 6.54 Å². The van der Waals surface area contributed by atoms with Gasteiger partial charge in [-0.05, 0) is 48.7 Å². The first-order valence-electron chi connectivity index (χ1n) is 7.66. The quantitative estimate of drug-likeness (QED) is 0.644. The molecule has 3 rings (SSSR count). The van der Waals surface area contributed by atoms with E-state index in [0.717, 1.165) is 22.1 Å². The standard InChI is InChI=1S/C19H17Cl2NO2/c1-11-7-18-15(9-17(11)21)13(8-19(23)24-18)10-22-12(2)14-5-3-4-6-16(14)20/h3-9,12,22H,10H2,1-2H3/t12-/m1/s1. The third-order valence-corrected chi connectivity index (χ3v) is 4.83. The second-order valence-corrected chi connectivity index (χ2v) is 6.63. The normalized spacial score (nSPS) is 12.5. The Bertz CT molecular complexity index is 950. The van der Waals surface area contributed by atoms with Gasteiger partial charge in [-0.1, -0.05) is 41.4 Å². The van der Waals surface area contributed by atoms with Gasteiger partial charge in [0, 0.05) is 34.1 Å². The number of hydrogen-bond donors (Lipinski definition) is 1. The fourth-order valence-corrected chi connectivity index (χ4v) is 3.16. The van der Waals surface area contributed by atoms with Crippen molar-refractivity contribution >= 4 is 34.2 Å². The molecule has 0 aliphatic carbocycles. The highest BCUT2D eigenvalue weighted by atomic mass is 35.5. The molecule has 0 radical (unpaired) electrons. The van der Waals surface area contributed by atoms with Crippen LogP contribution in [0.4, 0.5) is 0 Å². The number of aryl methyl sites for hydroxylation is 1. The van der Waals surface area contributed by atoms with Crippen molar-refractivity contribution in [1.82, 2.24) is 5.32 Å². The lowest BCUT2D eigenvalue weighted by Gasteiger charge is -2.16. The van der Waals surface area contributed by atoms with Crippen LogP contribution in [0.25, 0.3) is 11.0 Å². The fourth-order valence-electron chi connectivity index (χ4n) is 2.69. The monoisotopic (exact) mass is 361 g/mol. The Kier molecular flexibility index (Phi) is 4.95. The summed E-state index contributed by atoms with van der Waals surface area (Å²) in [6.45, 7) is 4.42. The minimum Gasteiger partial charge on any atom is -0.423 e. The minimum atomic E-state index is -0.369. The Morgan fingerprint density at radius 3 is 2.62 bits per heavy atom. The second-order valence-electron chi connectivity index (χ2n) is 5.81. The molecule has 3 aromatic rings. The van der Waals surface area contributed by atoms with E-state index in [4.69, 9.17) is 27.6 Å². The molecule has 1 N–H and O–H groups in total. The molecular formula is C19H17Cl2NO2. The van der Waals surface area contributed by atoms with E-state index in [-0.39, 0.29) is 11.7 Å². The van der Waals surface area contributed by atoms with Gasteiger partial charge in [-0.15, -0.1) is 0 Å². The predicted octanol–water partition coefficient (Wildman–Crippen LogP) is 5.26. The smallest absolute Gasteiger partial charge is 0.336 e. The molecule has 0 saturated carbocycles. The molecule has 1 aromatic heterocycles. The third-order valence-electron chi connectivity index (χ3n) is 4.08. The largest absolute Gasteiger partial charge is 0.423 e. The molecule has 0 saturated heterocycles. The maximum absolute atomic E-state index is 11.8. The van der Waals surface area contributed by atoms with Gasteiger partial charge >= 0.3 is 5.63 Å². The van der Waals surface area contributed by atoms with Gasteiger partial charge < -0.3 is 9.73 Å². The molecule has 24 heavy (non-hydrogen) atoms. The van der Waals surface area contributed by atoms with Gasteiger partial charge in [0.05, 0.1) is 0 Å². The molecule has 0 fully saturated rings. The van der Waals surface area contributed by atoms with Crippen molar-refractivity contribution in [1.29, 1.82) is 0 Å². The van der Waals surface area contributed by atoms with Gasteiger partial charge in [-0.3, -0.25) is 0 Å². The van der Waals surface area contributed by atoms with Crippen molar-refractivity contribution < 1.29 is 4.42 Å². The fraction of sp³-hybridized carbons (Fsp3) is 0.211. The average molecular weight is 362 g/mol. The summed E-state index contributed by atoms with van der Waals surface area (Å²) in [5, 5.41) is 5.60. The zero-order chi connectivity index (χ0) is 17.3. The van der Waals surface area contributed by atoms with E-state index in [1.165, 1.54) is 6.07 Å². The Hall–Kier alpha value is -1.81. The molecule has 0 aliphatic rings. The molecule has 0 aliphatic heterocycles. The number of rotatable bonds is 4. The maximum Gasteiger partial charge on any atom is 0.336 e. The Morgan fingerprint density at radius 2 is 1.88 bits per heavy atom. The van der Waals surface area contributed by atoms with Crippen LogP contribution in [0.5, 0.6) is 0 Å². The predicted molar refractivity (Wildman–Crippen MR) is 98.9 cm³/mol. The summed E-state index contributed by atoms with van der Waals surface area (Å²) in [4.78, 5) is 11.8. The van der Waals surface area contributed by atoms with Crippen LogP contribution >= 0.6 is 23.2 Å². The van der Waals surface area contributed by atoms with Crippen molar-refractivity contribution in [3.63, 3.8) is 0 Å². The van der Waals surface area contributed by atoms with Gasteiger partial charge in [0.1, 0.15) is 5.58 Å². The van der Waals surface area contributed by atoms with Crippen molar-refractivity contribution in [3.05, 3.63) is 79.6 Å². The van der Waals surface area contributed by atoms with Crippen molar-refractivity contribution in [2.75, 3.05) is 0 Å². The van der Waals surface area contributed by atoms with Gasteiger partial charge in [-0.2, -0.15) is 0 Å². The third kappa shape index (κ3) is 3.48. The van der Waals surface area contributed by atoms with Crippen LogP contribution in [0.1, 0.15) is 29.7 Å². The van der Waals surface area contributed by atoms with E-state index >= 15 is 0 Å². The number of halogens is 2. The van der Waals surface area contributed by atoms with E-state index in [9.17, 15) is 4.79 Å². The van der Waals surface area contributed by atoms with E-state index in [1.54, 1.807) is 6.07 Å². The summed E-state index contributed by atoms with van der Waals surface area (Å²) in [7, 11) is 0. The summed E-state index contributed by atoms with van der Waals surface area (Å²) < 4.78 is 5.29. The first-order chi connectivity index (χ1) is 11.5. The zero-order valence-corrected chi connectivity index (χ0v) is 14.9. The number of benzene rings is 2. The van der Waals surface area contributed by atoms with Gasteiger partial charge in [0.2, 0.25) is 0 Å². The summed E-state index contributed by atoms with van der Waals surface area (Å²) in [6, 6.07) is 12.9. The maximum atomic E-state index is 11.8. The first kappa shape index (κ1) is 17.0. The molecule has 3 nitrogen and oxygen atoms in total. The lowest BCUT2D eigenvalue weighted by Crippen LogP contribution is -2.19. The van der Waals surface area contributed by atoms with Crippen LogP contribution in [0.2, 0.25) is 10.0 Å². The Balaban J connectivity index is 1.91. The van der Waals surface area contributed by atoms with Crippen LogP contribution in [-0.4, -0.2) is 0 Å². The van der Waals surface area contributed by atoms with Gasteiger partial charge in [-0.25, -0.2) is 4.79 Å². The van der Waals surface area contributed by atoms with Crippen molar-refractivity contribution in [2.45, 2.75) is 26.4 Å².